The molecular weight excluding hydrogens is 294 g/mol. The summed E-state index contributed by atoms with van der Waals surface area (Å²) in [6.07, 6.45) is 2.04. The lowest BCUT2D eigenvalue weighted by Gasteiger charge is -2.34. The van der Waals surface area contributed by atoms with Gasteiger partial charge in [0.1, 0.15) is 0 Å². The third-order valence-corrected chi connectivity index (χ3v) is 3.91. The van der Waals surface area contributed by atoms with Crippen molar-refractivity contribution in [1.82, 2.24) is 15.0 Å². The lowest BCUT2D eigenvalue weighted by atomic mass is 9.95. The van der Waals surface area contributed by atoms with Gasteiger partial charge in [0.15, 0.2) is 0 Å². The van der Waals surface area contributed by atoms with E-state index in [1.807, 2.05) is 0 Å². The van der Waals surface area contributed by atoms with Crippen LogP contribution in [0.2, 0.25) is 5.28 Å². The molecular formula is C13H20ClN5O2. The van der Waals surface area contributed by atoms with Crippen LogP contribution in [-0.4, -0.2) is 60.0 Å². The van der Waals surface area contributed by atoms with Gasteiger partial charge in [-0.2, -0.15) is 15.0 Å². The molecule has 0 spiro atoms. The Balaban J connectivity index is 1.77. The Bertz CT molecular complexity index is 489. The van der Waals surface area contributed by atoms with E-state index in [9.17, 15) is 0 Å². The Labute approximate surface area is 129 Å². The van der Waals surface area contributed by atoms with E-state index in [4.69, 9.17) is 21.1 Å². The number of aromatic nitrogens is 3. The molecule has 0 amide bonds. The fourth-order valence-corrected chi connectivity index (χ4v) is 2.76. The highest BCUT2D eigenvalue weighted by Gasteiger charge is 2.29. The maximum atomic E-state index is 6.04. The molecule has 1 atom stereocenters. The molecule has 1 aromatic rings. The van der Waals surface area contributed by atoms with E-state index < -0.39 is 0 Å². The van der Waals surface area contributed by atoms with Crippen LogP contribution in [-0.2, 0) is 9.47 Å². The molecule has 1 unspecified atom stereocenters. The summed E-state index contributed by atoms with van der Waals surface area (Å²) >= 11 is 6.04. The van der Waals surface area contributed by atoms with Crippen LogP contribution in [0.5, 0.6) is 0 Å². The molecule has 0 saturated carbocycles. The number of nitrogens with one attached hydrogen (secondary N) is 1. The second kappa shape index (κ2) is 6.29. The molecule has 8 heteroatoms. The summed E-state index contributed by atoms with van der Waals surface area (Å²) in [5, 5.41) is 3.55. The second-order valence-electron chi connectivity index (χ2n) is 5.67. The van der Waals surface area contributed by atoms with Crippen LogP contribution >= 0.6 is 11.6 Å². The summed E-state index contributed by atoms with van der Waals surface area (Å²) in [6.45, 7) is 6.45. The third-order valence-electron chi connectivity index (χ3n) is 3.74. The third kappa shape index (κ3) is 3.72. The van der Waals surface area contributed by atoms with E-state index in [1.165, 1.54) is 0 Å². The number of halogens is 1. The maximum absolute atomic E-state index is 6.04. The van der Waals surface area contributed by atoms with Gasteiger partial charge in [0.2, 0.25) is 17.2 Å². The standard InChI is InChI=1S/C13H20ClN5O2/c1-13(3-2-6-21-9-13)18-11-15-10(14)16-12(17-11)19-4-7-20-8-5-19/h2-9H2,1H3,(H,15,16,17,18). The van der Waals surface area contributed by atoms with Crippen molar-refractivity contribution in [3.8, 4) is 0 Å². The number of anilines is 2. The lowest BCUT2D eigenvalue weighted by Crippen LogP contribution is -2.44. The first-order valence-electron chi connectivity index (χ1n) is 7.25. The van der Waals surface area contributed by atoms with Gasteiger partial charge in [-0.1, -0.05) is 0 Å². The minimum atomic E-state index is -0.161. The van der Waals surface area contributed by atoms with Crippen LogP contribution < -0.4 is 10.2 Å². The molecule has 3 heterocycles. The molecule has 116 valence electrons. The lowest BCUT2D eigenvalue weighted by molar-refractivity contribution is 0.0537. The normalized spacial score (nSPS) is 26.7. The Morgan fingerprint density at radius 1 is 1.14 bits per heavy atom. The van der Waals surface area contributed by atoms with Crippen molar-refractivity contribution in [1.29, 1.82) is 0 Å². The van der Waals surface area contributed by atoms with Crippen LogP contribution in [0, 0.1) is 0 Å². The molecule has 2 fully saturated rings. The summed E-state index contributed by atoms with van der Waals surface area (Å²) in [7, 11) is 0. The van der Waals surface area contributed by atoms with Crippen LogP contribution in [0.15, 0.2) is 0 Å². The zero-order chi connectivity index (χ0) is 14.7. The second-order valence-corrected chi connectivity index (χ2v) is 6.01. The Kier molecular flexibility index (Phi) is 4.42. The molecule has 0 bridgehead atoms. The first-order valence-corrected chi connectivity index (χ1v) is 7.63. The predicted molar refractivity (Wildman–Crippen MR) is 79.9 cm³/mol. The molecule has 0 aliphatic carbocycles. The van der Waals surface area contributed by atoms with Crippen LogP contribution in [0.4, 0.5) is 11.9 Å². The summed E-state index contributed by atoms with van der Waals surface area (Å²) in [5.74, 6) is 1.10. The Morgan fingerprint density at radius 2 is 1.95 bits per heavy atom. The van der Waals surface area contributed by atoms with Gasteiger partial charge in [-0.15, -0.1) is 0 Å². The quantitative estimate of drug-likeness (QED) is 0.902. The summed E-state index contributed by atoms with van der Waals surface area (Å²) < 4.78 is 10.9. The SMILES string of the molecule is CC1(Nc2nc(Cl)nc(N3CCOCC3)n2)CCCOC1. The number of hydrogen-bond donors (Lipinski definition) is 1. The highest BCUT2D eigenvalue weighted by atomic mass is 35.5. The molecule has 3 rings (SSSR count). The van der Waals surface area contributed by atoms with Crippen molar-refractivity contribution < 1.29 is 9.47 Å². The molecule has 1 N–H and O–H groups in total. The van der Waals surface area contributed by atoms with Crippen molar-refractivity contribution in [2.75, 3.05) is 49.7 Å². The van der Waals surface area contributed by atoms with E-state index in [0.29, 0.717) is 31.7 Å². The highest BCUT2D eigenvalue weighted by molar-refractivity contribution is 6.28. The Hall–Kier alpha value is -1.18. The number of hydrogen-bond acceptors (Lipinski definition) is 7. The smallest absolute Gasteiger partial charge is 0.231 e. The highest BCUT2D eigenvalue weighted by Crippen LogP contribution is 2.24. The van der Waals surface area contributed by atoms with Crippen molar-refractivity contribution in [2.45, 2.75) is 25.3 Å². The van der Waals surface area contributed by atoms with Gasteiger partial charge in [-0.25, -0.2) is 0 Å². The maximum Gasteiger partial charge on any atom is 0.231 e. The molecule has 1 aromatic heterocycles. The van der Waals surface area contributed by atoms with Gasteiger partial charge in [0, 0.05) is 19.7 Å². The average Bonchev–Trinajstić information content (AvgIpc) is 2.48. The van der Waals surface area contributed by atoms with Crippen LogP contribution in [0.3, 0.4) is 0 Å². The van der Waals surface area contributed by atoms with Gasteiger partial charge in [-0.05, 0) is 31.4 Å². The largest absolute Gasteiger partial charge is 0.379 e. The first-order chi connectivity index (χ1) is 10.1. The molecule has 21 heavy (non-hydrogen) atoms. The zero-order valence-electron chi connectivity index (χ0n) is 12.1. The van der Waals surface area contributed by atoms with Gasteiger partial charge < -0.3 is 19.7 Å². The predicted octanol–water partition coefficient (Wildman–Crippen LogP) is 1.34. The average molecular weight is 314 g/mol. The molecule has 2 aliphatic heterocycles. The van der Waals surface area contributed by atoms with E-state index in [0.717, 1.165) is 32.5 Å². The van der Waals surface area contributed by atoms with Crippen molar-refractivity contribution in [3.05, 3.63) is 5.28 Å². The van der Waals surface area contributed by atoms with Gasteiger partial charge in [0.05, 0.1) is 25.4 Å². The van der Waals surface area contributed by atoms with E-state index in [-0.39, 0.29) is 10.8 Å². The number of morpholine rings is 1. The van der Waals surface area contributed by atoms with Crippen LogP contribution in [0.1, 0.15) is 19.8 Å². The van der Waals surface area contributed by atoms with E-state index in [2.05, 4.69) is 32.1 Å². The first kappa shape index (κ1) is 14.7. The molecule has 0 radical (unpaired) electrons. The number of ether oxygens (including phenoxy) is 2. The molecule has 7 nitrogen and oxygen atoms in total. The van der Waals surface area contributed by atoms with E-state index in [1.54, 1.807) is 0 Å². The topological polar surface area (TPSA) is 72.4 Å². The molecule has 0 aromatic carbocycles. The summed E-state index contributed by atoms with van der Waals surface area (Å²) in [6, 6.07) is 0. The van der Waals surface area contributed by atoms with Crippen molar-refractivity contribution in [2.24, 2.45) is 0 Å². The minimum absolute atomic E-state index is 0.161. The summed E-state index contributed by atoms with van der Waals surface area (Å²) in [4.78, 5) is 15.0. The summed E-state index contributed by atoms with van der Waals surface area (Å²) in [5.41, 5.74) is -0.161. The van der Waals surface area contributed by atoms with Crippen molar-refractivity contribution >= 4 is 23.5 Å². The Morgan fingerprint density at radius 3 is 2.67 bits per heavy atom. The zero-order valence-corrected chi connectivity index (χ0v) is 12.9. The van der Waals surface area contributed by atoms with Crippen LogP contribution in [0.25, 0.3) is 0 Å². The van der Waals surface area contributed by atoms with E-state index >= 15 is 0 Å². The fourth-order valence-electron chi connectivity index (χ4n) is 2.60. The fraction of sp³-hybridized carbons (Fsp3) is 0.769. The number of rotatable bonds is 3. The monoisotopic (exact) mass is 313 g/mol. The molecule has 2 saturated heterocycles. The minimum Gasteiger partial charge on any atom is -0.379 e. The van der Waals surface area contributed by atoms with Crippen molar-refractivity contribution in [3.63, 3.8) is 0 Å². The van der Waals surface area contributed by atoms with Gasteiger partial charge in [-0.3, -0.25) is 0 Å². The van der Waals surface area contributed by atoms with Gasteiger partial charge >= 0.3 is 0 Å². The molecule has 2 aliphatic rings. The van der Waals surface area contributed by atoms with Gasteiger partial charge in [0.25, 0.3) is 0 Å². The number of nitrogens with zero attached hydrogens (tertiary/aromatic N) is 4.